The highest BCUT2D eigenvalue weighted by Crippen LogP contribution is 2.35. The van der Waals surface area contributed by atoms with Gasteiger partial charge in [-0.1, -0.05) is 5.16 Å². The predicted octanol–water partition coefficient (Wildman–Crippen LogP) is 2.94. The number of hydrogen-bond acceptors (Lipinski definition) is 8. The Balaban J connectivity index is 1.45. The SMILES string of the molecule is Cc1nn(-c2cnoc2)c(C)c1-c1cc(N2CC3CCC(C2)O3)nc2c(-c3ccn[nH]3)cnn12. The molecule has 2 bridgehead atoms. The molecule has 0 amide bonds. The number of nitrogens with one attached hydrogen (secondary N) is 1. The molecule has 7 rings (SSSR count). The molecule has 5 aromatic rings. The van der Waals surface area contributed by atoms with E-state index in [1.54, 1.807) is 18.7 Å². The smallest absolute Gasteiger partial charge is 0.167 e. The van der Waals surface area contributed by atoms with Crippen LogP contribution in [0.2, 0.25) is 0 Å². The minimum atomic E-state index is 0.261. The Hall–Kier alpha value is -3.99. The first-order valence-corrected chi connectivity index (χ1v) is 11.4. The lowest BCUT2D eigenvalue weighted by Gasteiger charge is -2.33. The second kappa shape index (κ2) is 7.26. The fraction of sp³-hybridized carbons (Fsp3) is 0.348. The fourth-order valence-electron chi connectivity index (χ4n) is 5.26. The van der Waals surface area contributed by atoms with E-state index < -0.39 is 0 Å². The van der Waals surface area contributed by atoms with E-state index in [4.69, 9.17) is 24.4 Å². The quantitative estimate of drug-likeness (QED) is 0.438. The van der Waals surface area contributed by atoms with Gasteiger partial charge >= 0.3 is 0 Å². The summed E-state index contributed by atoms with van der Waals surface area (Å²) in [6.45, 7) is 5.73. The molecule has 11 nitrogen and oxygen atoms in total. The van der Waals surface area contributed by atoms with Gasteiger partial charge in [-0.05, 0) is 32.8 Å². The molecule has 172 valence electrons. The molecule has 0 aliphatic carbocycles. The summed E-state index contributed by atoms with van der Waals surface area (Å²) in [6, 6.07) is 4.05. The molecular weight excluding hydrogens is 434 g/mol. The van der Waals surface area contributed by atoms with E-state index in [1.165, 1.54) is 0 Å². The number of anilines is 1. The summed E-state index contributed by atoms with van der Waals surface area (Å²) in [5, 5.41) is 20.5. The van der Waals surface area contributed by atoms with Gasteiger partial charge in [0, 0.05) is 30.9 Å². The first-order valence-electron chi connectivity index (χ1n) is 11.4. The van der Waals surface area contributed by atoms with Crippen LogP contribution in [0.25, 0.3) is 33.8 Å². The van der Waals surface area contributed by atoms with Crippen molar-refractivity contribution in [2.45, 2.75) is 38.9 Å². The monoisotopic (exact) mass is 457 g/mol. The minimum Gasteiger partial charge on any atom is -0.371 e. The molecule has 2 aliphatic rings. The summed E-state index contributed by atoms with van der Waals surface area (Å²) in [5.41, 5.74) is 7.12. The molecule has 2 aliphatic heterocycles. The van der Waals surface area contributed by atoms with Gasteiger partial charge in [0.05, 0.1) is 52.9 Å². The fourth-order valence-corrected chi connectivity index (χ4v) is 5.26. The zero-order valence-corrected chi connectivity index (χ0v) is 18.8. The largest absolute Gasteiger partial charge is 0.371 e. The zero-order chi connectivity index (χ0) is 22.8. The minimum absolute atomic E-state index is 0.261. The zero-order valence-electron chi connectivity index (χ0n) is 18.8. The average molecular weight is 457 g/mol. The molecule has 2 fully saturated rings. The molecule has 0 saturated carbocycles. The number of aromatic nitrogens is 8. The van der Waals surface area contributed by atoms with Crippen LogP contribution in [0.5, 0.6) is 0 Å². The van der Waals surface area contributed by atoms with E-state index in [-0.39, 0.29) is 12.2 Å². The first-order chi connectivity index (χ1) is 16.7. The third kappa shape index (κ3) is 2.90. The van der Waals surface area contributed by atoms with Gasteiger partial charge < -0.3 is 14.2 Å². The lowest BCUT2D eigenvalue weighted by Crippen LogP contribution is -2.43. The highest BCUT2D eigenvalue weighted by atomic mass is 16.5. The third-order valence-electron chi connectivity index (χ3n) is 6.83. The molecule has 0 spiro atoms. The van der Waals surface area contributed by atoms with Crippen LogP contribution in [-0.2, 0) is 4.74 Å². The average Bonchev–Trinajstić information content (AvgIpc) is 3.65. The lowest BCUT2D eigenvalue weighted by molar-refractivity contribution is 0.0302. The van der Waals surface area contributed by atoms with Gasteiger partial charge in [-0.3, -0.25) is 5.10 Å². The molecule has 2 atom stereocenters. The topological polar surface area (TPSA) is 115 Å². The number of aryl methyl sites for hydroxylation is 1. The molecule has 1 N–H and O–H groups in total. The van der Waals surface area contributed by atoms with E-state index in [2.05, 4.69) is 26.3 Å². The van der Waals surface area contributed by atoms with Crippen molar-refractivity contribution in [2.24, 2.45) is 0 Å². The van der Waals surface area contributed by atoms with Gasteiger partial charge in [-0.25, -0.2) is 14.2 Å². The molecule has 34 heavy (non-hydrogen) atoms. The van der Waals surface area contributed by atoms with Crippen molar-refractivity contribution >= 4 is 11.5 Å². The molecule has 2 saturated heterocycles. The van der Waals surface area contributed by atoms with Crippen LogP contribution in [-0.4, -0.2) is 65.0 Å². The van der Waals surface area contributed by atoms with Crippen LogP contribution in [0.3, 0.4) is 0 Å². The highest BCUT2D eigenvalue weighted by molar-refractivity contribution is 5.80. The van der Waals surface area contributed by atoms with Crippen LogP contribution in [0, 0.1) is 13.8 Å². The number of hydrogen-bond donors (Lipinski definition) is 1. The van der Waals surface area contributed by atoms with E-state index in [0.717, 1.165) is 77.0 Å². The lowest BCUT2D eigenvalue weighted by atomic mass is 10.1. The Morgan fingerprint density at radius 2 is 1.97 bits per heavy atom. The number of nitrogens with zero attached hydrogens (tertiary/aromatic N) is 8. The van der Waals surface area contributed by atoms with Crippen molar-refractivity contribution in [2.75, 3.05) is 18.0 Å². The van der Waals surface area contributed by atoms with Crippen molar-refractivity contribution in [3.05, 3.63) is 48.4 Å². The Labute approximate surface area is 194 Å². The van der Waals surface area contributed by atoms with E-state index in [1.807, 2.05) is 35.3 Å². The number of H-pyrrole nitrogens is 1. The van der Waals surface area contributed by atoms with Gasteiger partial charge in [0.1, 0.15) is 17.8 Å². The summed E-state index contributed by atoms with van der Waals surface area (Å²) in [4.78, 5) is 7.43. The van der Waals surface area contributed by atoms with Crippen LogP contribution in [0.1, 0.15) is 24.2 Å². The summed E-state index contributed by atoms with van der Waals surface area (Å²) in [6.07, 6.45) is 9.55. The Bertz CT molecular complexity index is 1470. The maximum absolute atomic E-state index is 6.07. The molecule has 0 aromatic carbocycles. The molecular formula is C23H23N9O2. The number of ether oxygens (including phenoxy) is 1. The molecule has 7 heterocycles. The maximum atomic E-state index is 6.07. The Morgan fingerprint density at radius 3 is 2.71 bits per heavy atom. The van der Waals surface area contributed by atoms with Crippen molar-refractivity contribution in [1.29, 1.82) is 0 Å². The Kier molecular flexibility index (Phi) is 4.16. The van der Waals surface area contributed by atoms with Crippen molar-refractivity contribution in [1.82, 2.24) is 39.7 Å². The standard InChI is InChI=1S/C23H23N9O2/c1-13-22(14(2)31(29-13)15-8-26-33-12-15)20-7-21(30-10-16-3-4-17(11-30)34-16)27-23-18(9-25-32(20)23)19-5-6-24-28-19/h5-9,12,16-17H,3-4,10-11H2,1-2H3,(H,24,28). The summed E-state index contributed by atoms with van der Waals surface area (Å²) in [7, 11) is 0. The Morgan fingerprint density at radius 1 is 1.12 bits per heavy atom. The van der Waals surface area contributed by atoms with Gasteiger partial charge in [-0.15, -0.1) is 0 Å². The van der Waals surface area contributed by atoms with Crippen molar-refractivity contribution in [3.63, 3.8) is 0 Å². The molecule has 11 heteroatoms. The number of rotatable bonds is 4. The second-order valence-corrected chi connectivity index (χ2v) is 8.97. The van der Waals surface area contributed by atoms with Crippen LogP contribution >= 0.6 is 0 Å². The number of aromatic amines is 1. The second-order valence-electron chi connectivity index (χ2n) is 8.97. The highest BCUT2D eigenvalue weighted by Gasteiger charge is 2.35. The third-order valence-corrected chi connectivity index (χ3v) is 6.83. The number of fused-ring (bicyclic) bond motifs is 3. The van der Waals surface area contributed by atoms with Crippen LogP contribution < -0.4 is 4.90 Å². The number of morpholine rings is 1. The summed E-state index contributed by atoms with van der Waals surface area (Å²) >= 11 is 0. The van der Waals surface area contributed by atoms with E-state index >= 15 is 0 Å². The summed E-state index contributed by atoms with van der Waals surface area (Å²) < 4.78 is 14.9. The van der Waals surface area contributed by atoms with Crippen LogP contribution in [0.15, 0.2) is 41.5 Å². The molecule has 0 radical (unpaired) electrons. The molecule has 2 unspecified atom stereocenters. The van der Waals surface area contributed by atoms with Gasteiger partial charge in [-0.2, -0.15) is 15.3 Å². The van der Waals surface area contributed by atoms with Gasteiger partial charge in [0.25, 0.3) is 0 Å². The molecule has 5 aromatic heterocycles. The predicted molar refractivity (Wildman–Crippen MR) is 123 cm³/mol. The van der Waals surface area contributed by atoms with Gasteiger partial charge in [0.15, 0.2) is 5.65 Å². The van der Waals surface area contributed by atoms with Crippen LogP contribution in [0.4, 0.5) is 5.82 Å². The summed E-state index contributed by atoms with van der Waals surface area (Å²) in [5.74, 6) is 0.917. The van der Waals surface area contributed by atoms with Crippen molar-refractivity contribution < 1.29 is 9.26 Å². The van der Waals surface area contributed by atoms with E-state index in [0.29, 0.717) is 0 Å². The van der Waals surface area contributed by atoms with Crippen molar-refractivity contribution in [3.8, 4) is 28.2 Å². The van der Waals surface area contributed by atoms with E-state index in [9.17, 15) is 0 Å². The first kappa shape index (κ1) is 19.5. The maximum Gasteiger partial charge on any atom is 0.167 e. The van der Waals surface area contributed by atoms with Gasteiger partial charge in [0.2, 0.25) is 0 Å². The normalized spacial score (nSPS) is 20.0.